The van der Waals surface area contributed by atoms with Crippen LogP contribution in [0.25, 0.3) is 0 Å². The first-order chi connectivity index (χ1) is 10.6. The SMILES string of the molecule is N#CCCCS(=O)(=O)N1CC2CN(c3ccccc3)CC2C1. The number of nitriles is 1. The van der Waals surface area contributed by atoms with Crippen LogP contribution in [0.2, 0.25) is 0 Å². The molecule has 0 spiro atoms. The minimum absolute atomic E-state index is 0.0996. The zero-order chi connectivity index (χ0) is 15.6. The number of unbranched alkanes of at least 4 members (excludes halogenated alkanes) is 1. The second-order valence-corrected chi connectivity index (χ2v) is 8.24. The van der Waals surface area contributed by atoms with E-state index in [1.807, 2.05) is 24.3 Å². The van der Waals surface area contributed by atoms with Crippen LogP contribution in [0.1, 0.15) is 12.8 Å². The van der Waals surface area contributed by atoms with E-state index in [4.69, 9.17) is 5.26 Å². The topological polar surface area (TPSA) is 64.4 Å². The van der Waals surface area contributed by atoms with Crippen LogP contribution in [-0.4, -0.2) is 44.7 Å². The fourth-order valence-electron chi connectivity index (χ4n) is 3.49. The number of anilines is 1. The minimum atomic E-state index is -3.19. The summed E-state index contributed by atoms with van der Waals surface area (Å²) >= 11 is 0. The van der Waals surface area contributed by atoms with E-state index in [0.29, 0.717) is 37.8 Å². The van der Waals surface area contributed by atoms with Gasteiger partial charge in [-0.3, -0.25) is 0 Å². The van der Waals surface area contributed by atoms with E-state index in [1.54, 1.807) is 4.31 Å². The fraction of sp³-hybridized carbons (Fsp3) is 0.562. The quantitative estimate of drug-likeness (QED) is 0.775. The number of hydrogen-bond acceptors (Lipinski definition) is 4. The van der Waals surface area contributed by atoms with Gasteiger partial charge in [-0.2, -0.15) is 5.26 Å². The van der Waals surface area contributed by atoms with E-state index in [2.05, 4.69) is 17.0 Å². The predicted molar refractivity (Wildman–Crippen MR) is 85.8 cm³/mol. The van der Waals surface area contributed by atoms with Gasteiger partial charge in [0.1, 0.15) is 0 Å². The Morgan fingerprint density at radius 1 is 1.09 bits per heavy atom. The second-order valence-electron chi connectivity index (χ2n) is 6.16. The molecule has 2 atom stereocenters. The first kappa shape index (κ1) is 15.3. The molecule has 2 unspecified atom stereocenters. The molecular weight excluding hydrogens is 298 g/mol. The second kappa shape index (κ2) is 6.27. The summed E-state index contributed by atoms with van der Waals surface area (Å²) < 4.78 is 26.2. The van der Waals surface area contributed by atoms with E-state index >= 15 is 0 Å². The Morgan fingerprint density at radius 3 is 2.32 bits per heavy atom. The largest absolute Gasteiger partial charge is 0.371 e. The van der Waals surface area contributed by atoms with E-state index in [0.717, 1.165) is 13.1 Å². The Balaban J connectivity index is 1.59. The van der Waals surface area contributed by atoms with Crippen LogP contribution in [-0.2, 0) is 10.0 Å². The van der Waals surface area contributed by atoms with Crippen LogP contribution >= 0.6 is 0 Å². The minimum Gasteiger partial charge on any atom is -0.371 e. The highest BCUT2D eigenvalue weighted by molar-refractivity contribution is 7.89. The summed E-state index contributed by atoms with van der Waals surface area (Å²) in [6, 6.07) is 12.3. The average molecular weight is 319 g/mol. The van der Waals surface area contributed by atoms with Crippen LogP contribution in [0.4, 0.5) is 5.69 Å². The Morgan fingerprint density at radius 2 is 1.73 bits per heavy atom. The van der Waals surface area contributed by atoms with E-state index in [1.165, 1.54) is 5.69 Å². The van der Waals surface area contributed by atoms with Crippen LogP contribution in [0.5, 0.6) is 0 Å². The maximum Gasteiger partial charge on any atom is 0.214 e. The molecule has 2 aliphatic rings. The molecule has 1 aromatic rings. The molecule has 2 fully saturated rings. The highest BCUT2D eigenvalue weighted by Gasteiger charge is 2.43. The normalized spacial score (nSPS) is 25.1. The molecule has 0 N–H and O–H groups in total. The van der Waals surface area contributed by atoms with Gasteiger partial charge < -0.3 is 4.90 Å². The molecule has 2 aliphatic heterocycles. The van der Waals surface area contributed by atoms with Gasteiger partial charge >= 0.3 is 0 Å². The van der Waals surface area contributed by atoms with Crippen LogP contribution in [0.3, 0.4) is 0 Å². The first-order valence-corrected chi connectivity index (χ1v) is 9.36. The van der Waals surface area contributed by atoms with Gasteiger partial charge in [0.2, 0.25) is 10.0 Å². The van der Waals surface area contributed by atoms with Gasteiger partial charge in [0, 0.05) is 38.3 Å². The number of para-hydroxylation sites is 1. The van der Waals surface area contributed by atoms with Crippen molar-refractivity contribution in [2.45, 2.75) is 12.8 Å². The van der Waals surface area contributed by atoms with E-state index in [9.17, 15) is 8.42 Å². The lowest BCUT2D eigenvalue weighted by Gasteiger charge is -2.22. The molecule has 5 nitrogen and oxygen atoms in total. The Kier molecular flexibility index (Phi) is 4.37. The average Bonchev–Trinajstić information content (AvgIpc) is 3.07. The Hall–Kier alpha value is -1.58. The van der Waals surface area contributed by atoms with Crippen molar-refractivity contribution in [1.29, 1.82) is 5.26 Å². The number of rotatable bonds is 5. The van der Waals surface area contributed by atoms with E-state index < -0.39 is 10.0 Å². The molecule has 2 saturated heterocycles. The number of fused-ring (bicyclic) bond motifs is 1. The van der Waals surface area contributed by atoms with Gasteiger partial charge in [-0.25, -0.2) is 12.7 Å². The standard InChI is InChI=1S/C16H21N3O2S/c17-8-4-5-9-22(20,21)19-12-14-10-18(11-15(14)13-19)16-6-2-1-3-7-16/h1-3,6-7,14-15H,4-5,9-13H2. The van der Waals surface area contributed by atoms with Crippen LogP contribution < -0.4 is 4.90 Å². The molecule has 0 aromatic heterocycles. The first-order valence-electron chi connectivity index (χ1n) is 7.75. The highest BCUT2D eigenvalue weighted by atomic mass is 32.2. The van der Waals surface area contributed by atoms with Crippen molar-refractivity contribution in [2.24, 2.45) is 11.8 Å². The fourth-order valence-corrected chi connectivity index (χ4v) is 5.09. The molecule has 22 heavy (non-hydrogen) atoms. The highest BCUT2D eigenvalue weighted by Crippen LogP contribution is 2.35. The van der Waals surface area contributed by atoms with Gasteiger partial charge in [-0.15, -0.1) is 0 Å². The van der Waals surface area contributed by atoms with Crippen molar-refractivity contribution in [1.82, 2.24) is 4.31 Å². The molecule has 6 heteroatoms. The van der Waals surface area contributed by atoms with Crippen LogP contribution in [0.15, 0.2) is 30.3 Å². The van der Waals surface area contributed by atoms with Gasteiger partial charge in [0.15, 0.2) is 0 Å². The zero-order valence-electron chi connectivity index (χ0n) is 12.6. The molecular formula is C16H21N3O2S. The summed E-state index contributed by atoms with van der Waals surface area (Å²) in [7, 11) is -3.19. The molecule has 118 valence electrons. The summed E-state index contributed by atoms with van der Waals surface area (Å²) in [5, 5.41) is 8.53. The number of nitrogens with zero attached hydrogens (tertiary/aromatic N) is 3. The van der Waals surface area contributed by atoms with Crippen molar-refractivity contribution in [3.8, 4) is 6.07 Å². The third kappa shape index (κ3) is 3.11. The van der Waals surface area contributed by atoms with Crippen molar-refractivity contribution < 1.29 is 8.42 Å². The molecule has 0 radical (unpaired) electrons. The van der Waals surface area contributed by atoms with Crippen molar-refractivity contribution in [3.05, 3.63) is 30.3 Å². The molecule has 0 amide bonds. The Bertz CT molecular complexity index is 640. The van der Waals surface area contributed by atoms with Gasteiger partial charge in [0.05, 0.1) is 11.8 Å². The zero-order valence-corrected chi connectivity index (χ0v) is 13.4. The summed E-state index contributed by atoms with van der Waals surface area (Å²) in [4.78, 5) is 2.36. The summed E-state index contributed by atoms with van der Waals surface area (Å²) in [6.45, 7) is 3.11. The maximum absolute atomic E-state index is 12.3. The monoisotopic (exact) mass is 319 g/mol. The van der Waals surface area contributed by atoms with Crippen molar-refractivity contribution >= 4 is 15.7 Å². The number of benzene rings is 1. The maximum atomic E-state index is 12.3. The van der Waals surface area contributed by atoms with Gasteiger partial charge in [0.25, 0.3) is 0 Å². The number of sulfonamides is 1. The summed E-state index contributed by atoms with van der Waals surface area (Å²) in [5.74, 6) is 0.944. The van der Waals surface area contributed by atoms with E-state index in [-0.39, 0.29) is 5.75 Å². The molecule has 3 rings (SSSR count). The third-order valence-corrected chi connectivity index (χ3v) is 6.55. The van der Waals surface area contributed by atoms with Gasteiger partial charge in [-0.1, -0.05) is 18.2 Å². The molecule has 0 saturated carbocycles. The molecule has 2 heterocycles. The summed E-state index contributed by atoms with van der Waals surface area (Å²) in [6.07, 6.45) is 0.739. The van der Waals surface area contributed by atoms with Crippen molar-refractivity contribution in [2.75, 3.05) is 36.8 Å². The predicted octanol–water partition coefficient (Wildman–Crippen LogP) is 1.69. The Labute approximate surface area is 132 Å². The molecule has 0 aliphatic carbocycles. The third-order valence-electron chi connectivity index (χ3n) is 4.66. The van der Waals surface area contributed by atoms with Crippen LogP contribution in [0, 0.1) is 23.2 Å². The molecule has 0 bridgehead atoms. The van der Waals surface area contributed by atoms with Crippen molar-refractivity contribution in [3.63, 3.8) is 0 Å². The lowest BCUT2D eigenvalue weighted by molar-refractivity contribution is 0.452. The number of hydrogen-bond donors (Lipinski definition) is 0. The summed E-state index contributed by atoms with van der Waals surface area (Å²) in [5.41, 5.74) is 1.22. The lowest BCUT2D eigenvalue weighted by atomic mass is 10.0. The van der Waals surface area contributed by atoms with Gasteiger partial charge in [-0.05, 0) is 30.4 Å². The molecule has 1 aromatic carbocycles. The smallest absolute Gasteiger partial charge is 0.214 e. The lowest BCUT2D eigenvalue weighted by Crippen LogP contribution is -2.34.